The maximum atomic E-state index is 9.46. The molecule has 0 saturated carbocycles. The van der Waals surface area contributed by atoms with Gasteiger partial charge in [-0.3, -0.25) is 0 Å². The molecule has 5 nitrogen and oxygen atoms in total. The molecule has 1 aromatic heterocycles. The number of anilines is 1. The fraction of sp³-hybridized carbons (Fsp3) is 0.263. The molecule has 0 aliphatic heterocycles. The smallest absolute Gasteiger partial charge is 0.162 e. The van der Waals surface area contributed by atoms with E-state index in [2.05, 4.69) is 29.3 Å². The Morgan fingerprint density at radius 1 is 1.00 bits per heavy atom. The SMILES string of the molecule is CN(C)CCCNc1nc(-c2ccc(O)cc2)nc2ccccc12. The van der Waals surface area contributed by atoms with Crippen LogP contribution in [0.15, 0.2) is 48.5 Å². The summed E-state index contributed by atoms with van der Waals surface area (Å²) < 4.78 is 0. The van der Waals surface area contributed by atoms with Crippen molar-refractivity contribution >= 4 is 16.7 Å². The summed E-state index contributed by atoms with van der Waals surface area (Å²) in [6.45, 7) is 1.88. The van der Waals surface area contributed by atoms with E-state index in [0.29, 0.717) is 5.82 Å². The van der Waals surface area contributed by atoms with Crippen molar-refractivity contribution in [3.63, 3.8) is 0 Å². The minimum Gasteiger partial charge on any atom is -0.508 e. The Bertz CT molecular complexity index is 815. The van der Waals surface area contributed by atoms with Crippen molar-refractivity contribution in [3.05, 3.63) is 48.5 Å². The Hall–Kier alpha value is -2.66. The quantitative estimate of drug-likeness (QED) is 0.681. The van der Waals surface area contributed by atoms with E-state index in [9.17, 15) is 5.11 Å². The maximum absolute atomic E-state index is 9.46. The van der Waals surface area contributed by atoms with E-state index in [1.54, 1.807) is 12.1 Å². The molecule has 1 heterocycles. The van der Waals surface area contributed by atoms with Gasteiger partial charge < -0.3 is 15.3 Å². The number of rotatable bonds is 6. The first kappa shape index (κ1) is 16.2. The first-order valence-electron chi connectivity index (χ1n) is 8.08. The van der Waals surface area contributed by atoms with Gasteiger partial charge in [-0.05, 0) is 63.5 Å². The van der Waals surface area contributed by atoms with Gasteiger partial charge in [-0.25, -0.2) is 9.97 Å². The molecule has 0 amide bonds. The number of aromatic hydroxyl groups is 1. The predicted molar refractivity (Wildman–Crippen MR) is 98.3 cm³/mol. The van der Waals surface area contributed by atoms with Gasteiger partial charge in [0.05, 0.1) is 5.52 Å². The van der Waals surface area contributed by atoms with Crippen molar-refractivity contribution < 1.29 is 5.11 Å². The molecule has 0 saturated heterocycles. The molecule has 124 valence electrons. The van der Waals surface area contributed by atoms with E-state index in [1.807, 2.05) is 36.4 Å². The van der Waals surface area contributed by atoms with Crippen LogP contribution in [-0.4, -0.2) is 47.2 Å². The molecule has 2 N–H and O–H groups in total. The van der Waals surface area contributed by atoms with Crippen LogP contribution in [0, 0.1) is 0 Å². The molecule has 24 heavy (non-hydrogen) atoms. The van der Waals surface area contributed by atoms with E-state index in [4.69, 9.17) is 4.98 Å². The van der Waals surface area contributed by atoms with Crippen LogP contribution in [0.4, 0.5) is 5.82 Å². The predicted octanol–water partition coefficient (Wildman–Crippen LogP) is 3.37. The number of para-hydroxylation sites is 1. The summed E-state index contributed by atoms with van der Waals surface area (Å²) in [4.78, 5) is 11.5. The molecule has 0 bridgehead atoms. The lowest BCUT2D eigenvalue weighted by Crippen LogP contribution is -2.16. The lowest BCUT2D eigenvalue weighted by molar-refractivity contribution is 0.405. The molecule has 0 fully saturated rings. The third-order valence-corrected chi connectivity index (χ3v) is 3.80. The monoisotopic (exact) mass is 322 g/mol. The zero-order valence-electron chi connectivity index (χ0n) is 14.0. The number of benzene rings is 2. The normalized spacial score (nSPS) is 11.1. The number of hydrogen-bond donors (Lipinski definition) is 2. The standard InChI is InChI=1S/C19H22N4O/c1-23(2)13-5-12-20-19-16-6-3-4-7-17(16)21-18(22-19)14-8-10-15(24)11-9-14/h3-4,6-11,24H,5,12-13H2,1-2H3,(H,20,21,22). The molecule has 0 atom stereocenters. The van der Waals surface area contributed by atoms with E-state index >= 15 is 0 Å². The molecule has 3 aromatic rings. The molecule has 0 unspecified atom stereocenters. The molecule has 5 heteroatoms. The minimum atomic E-state index is 0.238. The third-order valence-electron chi connectivity index (χ3n) is 3.80. The van der Waals surface area contributed by atoms with E-state index in [1.165, 1.54) is 0 Å². The van der Waals surface area contributed by atoms with Crippen molar-refractivity contribution in [1.29, 1.82) is 0 Å². The molecule has 3 rings (SSSR count). The highest BCUT2D eigenvalue weighted by atomic mass is 16.3. The van der Waals surface area contributed by atoms with Crippen molar-refractivity contribution in [2.75, 3.05) is 32.5 Å². The number of nitrogens with zero attached hydrogens (tertiary/aromatic N) is 3. The summed E-state index contributed by atoms with van der Waals surface area (Å²) >= 11 is 0. The first-order chi connectivity index (χ1) is 11.6. The van der Waals surface area contributed by atoms with Gasteiger partial charge in [0.1, 0.15) is 11.6 Å². The van der Waals surface area contributed by atoms with Gasteiger partial charge >= 0.3 is 0 Å². The summed E-state index contributed by atoms with van der Waals surface area (Å²) in [5, 5.41) is 13.9. The number of phenolic OH excluding ortho intramolecular Hbond substituents is 1. The lowest BCUT2D eigenvalue weighted by atomic mass is 10.1. The summed E-state index contributed by atoms with van der Waals surface area (Å²) in [7, 11) is 4.14. The Balaban J connectivity index is 1.92. The minimum absolute atomic E-state index is 0.238. The zero-order chi connectivity index (χ0) is 16.9. The Labute approximate surface area is 142 Å². The second-order valence-corrected chi connectivity index (χ2v) is 6.04. The van der Waals surface area contributed by atoms with Crippen LogP contribution in [0.5, 0.6) is 5.75 Å². The summed E-state index contributed by atoms with van der Waals surface area (Å²) in [6, 6.07) is 15.0. The van der Waals surface area contributed by atoms with Gasteiger partial charge in [-0.15, -0.1) is 0 Å². The van der Waals surface area contributed by atoms with E-state index in [-0.39, 0.29) is 5.75 Å². The Kier molecular flexibility index (Phi) is 4.91. The first-order valence-corrected chi connectivity index (χ1v) is 8.08. The molecule has 0 radical (unpaired) electrons. The fourth-order valence-corrected chi connectivity index (χ4v) is 2.55. The van der Waals surface area contributed by atoms with Crippen LogP contribution in [0.25, 0.3) is 22.3 Å². The lowest BCUT2D eigenvalue weighted by Gasteiger charge is -2.13. The molecular formula is C19H22N4O. The average Bonchev–Trinajstić information content (AvgIpc) is 2.59. The van der Waals surface area contributed by atoms with Gasteiger partial charge in [0.2, 0.25) is 0 Å². The Morgan fingerprint density at radius 2 is 1.75 bits per heavy atom. The molecular weight excluding hydrogens is 300 g/mol. The van der Waals surface area contributed by atoms with Gasteiger partial charge in [0.25, 0.3) is 0 Å². The highest BCUT2D eigenvalue weighted by Crippen LogP contribution is 2.25. The number of nitrogens with one attached hydrogen (secondary N) is 1. The highest BCUT2D eigenvalue weighted by Gasteiger charge is 2.09. The number of fused-ring (bicyclic) bond motifs is 1. The van der Waals surface area contributed by atoms with Crippen molar-refractivity contribution in [2.24, 2.45) is 0 Å². The largest absolute Gasteiger partial charge is 0.508 e. The number of hydrogen-bond acceptors (Lipinski definition) is 5. The molecule has 0 spiro atoms. The number of aromatic nitrogens is 2. The third kappa shape index (κ3) is 3.81. The van der Waals surface area contributed by atoms with Gasteiger partial charge in [0, 0.05) is 17.5 Å². The van der Waals surface area contributed by atoms with Crippen molar-refractivity contribution in [2.45, 2.75) is 6.42 Å². The summed E-state index contributed by atoms with van der Waals surface area (Å²) in [5.41, 5.74) is 1.79. The van der Waals surface area contributed by atoms with Crippen LogP contribution in [0.1, 0.15) is 6.42 Å². The van der Waals surface area contributed by atoms with Crippen molar-refractivity contribution in [3.8, 4) is 17.1 Å². The van der Waals surface area contributed by atoms with E-state index < -0.39 is 0 Å². The topological polar surface area (TPSA) is 61.3 Å². The highest BCUT2D eigenvalue weighted by molar-refractivity contribution is 5.90. The van der Waals surface area contributed by atoms with Crippen molar-refractivity contribution in [1.82, 2.24) is 14.9 Å². The second-order valence-electron chi connectivity index (χ2n) is 6.04. The number of phenols is 1. The Morgan fingerprint density at radius 3 is 2.50 bits per heavy atom. The second kappa shape index (κ2) is 7.27. The molecule has 2 aromatic carbocycles. The van der Waals surface area contributed by atoms with Gasteiger partial charge in [-0.1, -0.05) is 12.1 Å². The molecule has 0 aliphatic rings. The van der Waals surface area contributed by atoms with Crippen LogP contribution in [-0.2, 0) is 0 Å². The summed E-state index contributed by atoms with van der Waals surface area (Å²) in [6.07, 6.45) is 1.04. The van der Waals surface area contributed by atoms with Crippen LogP contribution in [0.2, 0.25) is 0 Å². The zero-order valence-corrected chi connectivity index (χ0v) is 14.0. The van der Waals surface area contributed by atoms with E-state index in [0.717, 1.165) is 41.8 Å². The van der Waals surface area contributed by atoms with Crippen LogP contribution >= 0.6 is 0 Å². The fourth-order valence-electron chi connectivity index (χ4n) is 2.55. The maximum Gasteiger partial charge on any atom is 0.162 e. The van der Waals surface area contributed by atoms with Crippen LogP contribution < -0.4 is 5.32 Å². The summed E-state index contributed by atoms with van der Waals surface area (Å²) in [5.74, 6) is 1.74. The van der Waals surface area contributed by atoms with Gasteiger partial charge in [0.15, 0.2) is 5.82 Å². The average molecular weight is 322 g/mol. The van der Waals surface area contributed by atoms with Gasteiger partial charge in [-0.2, -0.15) is 0 Å². The molecule has 0 aliphatic carbocycles. The van der Waals surface area contributed by atoms with Crippen LogP contribution in [0.3, 0.4) is 0 Å².